The Balaban J connectivity index is 2.49. The molecule has 1 aliphatic rings. The summed E-state index contributed by atoms with van der Waals surface area (Å²) in [5.74, 6) is -2.59. The Morgan fingerprint density at radius 1 is 0.828 bits per heavy atom. The first-order chi connectivity index (χ1) is 13.6. The van der Waals surface area contributed by atoms with Gasteiger partial charge in [-0.25, -0.2) is 0 Å². The number of ether oxygens (including phenoxy) is 5. The van der Waals surface area contributed by atoms with Crippen LogP contribution < -0.4 is 0 Å². The minimum Gasteiger partial charge on any atom is -0.463 e. The van der Waals surface area contributed by atoms with Crippen molar-refractivity contribution in [3.8, 4) is 0 Å². The third kappa shape index (κ3) is 5.98. The van der Waals surface area contributed by atoms with Crippen LogP contribution in [0.15, 0.2) is 4.42 Å². The van der Waals surface area contributed by atoms with E-state index in [2.05, 4.69) is 10.2 Å². The molecule has 12 heteroatoms. The second-order valence-electron chi connectivity index (χ2n) is 6.28. The van der Waals surface area contributed by atoms with Crippen molar-refractivity contribution in [1.82, 2.24) is 10.2 Å². The average molecular weight is 414 g/mol. The van der Waals surface area contributed by atoms with Crippen LogP contribution in [0.1, 0.15) is 45.6 Å². The Morgan fingerprint density at radius 3 is 1.86 bits per heavy atom. The van der Waals surface area contributed by atoms with Crippen molar-refractivity contribution in [3.63, 3.8) is 0 Å². The first-order valence-electron chi connectivity index (χ1n) is 8.69. The van der Waals surface area contributed by atoms with Crippen LogP contribution in [0.25, 0.3) is 0 Å². The maximum atomic E-state index is 11.7. The largest absolute Gasteiger partial charge is 0.463 e. The normalized spacial score (nSPS) is 26.3. The summed E-state index contributed by atoms with van der Waals surface area (Å²) in [5, 5.41) is 7.58. The zero-order valence-corrected chi connectivity index (χ0v) is 16.6. The summed E-state index contributed by atoms with van der Waals surface area (Å²) in [6.07, 6.45) is -6.03. The lowest BCUT2D eigenvalue weighted by molar-refractivity contribution is -0.257. The molecular formula is C17H22N2O10. The number of carbonyl (C=O) groups is 4. The van der Waals surface area contributed by atoms with Gasteiger partial charge in [-0.1, -0.05) is 0 Å². The van der Waals surface area contributed by atoms with Crippen LogP contribution in [0.2, 0.25) is 0 Å². The third-order valence-corrected chi connectivity index (χ3v) is 3.78. The van der Waals surface area contributed by atoms with Gasteiger partial charge >= 0.3 is 23.9 Å². The number of rotatable bonds is 6. The second kappa shape index (κ2) is 9.45. The number of aryl methyl sites for hydroxylation is 1. The highest BCUT2D eigenvalue weighted by atomic mass is 16.7. The summed E-state index contributed by atoms with van der Waals surface area (Å²) in [4.78, 5) is 46.3. The fourth-order valence-electron chi connectivity index (χ4n) is 2.85. The van der Waals surface area contributed by atoms with E-state index in [1.165, 1.54) is 6.92 Å². The van der Waals surface area contributed by atoms with E-state index in [1.807, 2.05) is 0 Å². The van der Waals surface area contributed by atoms with Crippen LogP contribution >= 0.6 is 0 Å². The van der Waals surface area contributed by atoms with E-state index in [4.69, 9.17) is 28.1 Å². The van der Waals surface area contributed by atoms with Gasteiger partial charge in [0.25, 0.3) is 0 Å². The van der Waals surface area contributed by atoms with E-state index in [0.29, 0.717) is 0 Å². The predicted octanol–water partition coefficient (Wildman–Crippen LogP) is 0.176. The molecule has 1 aromatic heterocycles. The number of hydrogen-bond acceptors (Lipinski definition) is 12. The van der Waals surface area contributed by atoms with Gasteiger partial charge in [-0.05, 0) is 0 Å². The summed E-state index contributed by atoms with van der Waals surface area (Å²) in [6.45, 7) is 5.82. The Bertz CT molecular complexity index is 776. The molecular weight excluding hydrogens is 392 g/mol. The molecule has 1 saturated heterocycles. The minimum atomic E-state index is -1.29. The van der Waals surface area contributed by atoms with E-state index in [0.717, 1.165) is 20.8 Å². The lowest BCUT2D eigenvalue weighted by Gasteiger charge is -2.43. The summed E-state index contributed by atoms with van der Waals surface area (Å²) in [7, 11) is 0. The van der Waals surface area contributed by atoms with E-state index in [-0.39, 0.29) is 18.4 Å². The number of esters is 4. The van der Waals surface area contributed by atoms with Gasteiger partial charge in [-0.2, -0.15) is 0 Å². The number of aromatic nitrogens is 2. The lowest BCUT2D eigenvalue weighted by Crippen LogP contribution is -2.59. The monoisotopic (exact) mass is 414 g/mol. The molecule has 0 N–H and O–H groups in total. The van der Waals surface area contributed by atoms with Crippen LogP contribution in [-0.4, -0.2) is 65.1 Å². The van der Waals surface area contributed by atoms with E-state index >= 15 is 0 Å². The van der Waals surface area contributed by atoms with Gasteiger partial charge in [0, 0.05) is 34.6 Å². The number of carbonyl (C=O) groups excluding carboxylic acids is 4. The van der Waals surface area contributed by atoms with Crippen molar-refractivity contribution in [2.24, 2.45) is 0 Å². The van der Waals surface area contributed by atoms with Gasteiger partial charge < -0.3 is 28.1 Å². The molecule has 0 radical (unpaired) electrons. The molecule has 0 amide bonds. The smallest absolute Gasteiger partial charge is 0.303 e. The van der Waals surface area contributed by atoms with Crippen LogP contribution in [-0.2, 0) is 42.9 Å². The van der Waals surface area contributed by atoms with Crippen molar-refractivity contribution in [3.05, 3.63) is 11.8 Å². The third-order valence-electron chi connectivity index (χ3n) is 3.78. The van der Waals surface area contributed by atoms with Crippen molar-refractivity contribution < 1.29 is 47.3 Å². The predicted molar refractivity (Wildman–Crippen MR) is 89.9 cm³/mol. The summed E-state index contributed by atoms with van der Waals surface area (Å²) in [5.41, 5.74) is 0. The highest BCUT2D eigenvalue weighted by Gasteiger charge is 2.54. The van der Waals surface area contributed by atoms with Gasteiger partial charge in [0.05, 0.1) is 0 Å². The quantitative estimate of drug-likeness (QED) is 0.460. The molecule has 2 heterocycles. The molecule has 1 fully saturated rings. The van der Waals surface area contributed by atoms with Crippen molar-refractivity contribution >= 4 is 23.9 Å². The molecule has 29 heavy (non-hydrogen) atoms. The first-order valence-corrected chi connectivity index (χ1v) is 8.69. The molecule has 12 nitrogen and oxygen atoms in total. The van der Waals surface area contributed by atoms with Crippen molar-refractivity contribution in [1.29, 1.82) is 0 Å². The Morgan fingerprint density at radius 2 is 1.38 bits per heavy atom. The zero-order valence-electron chi connectivity index (χ0n) is 16.6. The summed E-state index contributed by atoms with van der Waals surface area (Å²) in [6, 6.07) is 0. The molecule has 160 valence electrons. The standard InChI is InChI=1S/C17H22N2O10/c1-7-18-19-17(25-7)16-15(28-11(5)23)14(27-10(4)22)13(26-9(3)21)12(29-16)6-24-8(2)20/h12-16H,6H2,1-5H3/t12-,13+,14+,15-,16-/m1/s1. The first kappa shape index (κ1) is 22.3. The molecule has 5 atom stereocenters. The topological polar surface area (TPSA) is 153 Å². The van der Waals surface area contributed by atoms with E-state index in [1.54, 1.807) is 6.92 Å². The Labute approximate surface area is 165 Å². The van der Waals surface area contributed by atoms with Crippen LogP contribution in [0.4, 0.5) is 0 Å². The van der Waals surface area contributed by atoms with E-state index in [9.17, 15) is 19.2 Å². The molecule has 0 saturated carbocycles. The fourth-order valence-corrected chi connectivity index (χ4v) is 2.85. The van der Waals surface area contributed by atoms with Crippen molar-refractivity contribution in [2.75, 3.05) is 6.61 Å². The SMILES string of the molecule is CC(=O)OC[C@H]1O[C@@H](c2nnc(C)o2)[C@H](OC(C)=O)[C@@H](OC(C)=O)[C@H]1OC(C)=O. The average Bonchev–Trinajstić information content (AvgIpc) is 3.01. The Kier molecular flexibility index (Phi) is 7.26. The number of hydrogen-bond donors (Lipinski definition) is 0. The highest BCUT2D eigenvalue weighted by Crippen LogP contribution is 2.37. The molecule has 0 spiro atoms. The molecule has 0 bridgehead atoms. The molecule has 0 aliphatic carbocycles. The zero-order chi connectivity index (χ0) is 21.7. The molecule has 2 rings (SSSR count). The van der Waals surface area contributed by atoms with Gasteiger partial charge in [0.1, 0.15) is 12.7 Å². The summed E-state index contributed by atoms with van der Waals surface area (Å²) < 4.78 is 32.1. The molecule has 0 unspecified atom stereocenters. The van der Waals surface area contributed by atoms with E-state index < -0.39 is 54.4 Å². The van der Waals surface area contributed by atoms with Crippen LogP contribution in [0, 0.1) is 6.92 Å². The van der Waals surface area contributed by atoms with Crippen LogP contribution in [0.3, 0.4) is 0 Å². The van der Waals surface area contributed by atoms with Crippen LogP contribution in [0.5, 0.6) is 0 Å². The fraction of sp³-hybridized carbons (Fsp3) is 0.647. The minimum absolute atomic E-state index is 0.0556. The van der Waals surface area contributed by atoms with Crippen molar-refractivity contribution in [2.45, 2.75) is 65.1 Å². The molecule has 1 aliphatic heterocycles. The summed E-state index contributed by atoms with van der Waals surface area (Å²) >= 11 is 0. The maximum Gasteiger partial charge on any atom is 0.303 e. The maximum absolute atomic E-state index is 11.7. The number of nitrogens with zero attached hydrogens (tertiary/aromatic N) is 2. The molecule has 0 aromatic carbocycles. The Hall–Kier alpha value is -3.02. The van der Waals surface area contributed by atoms with Gasteiger partial charge in [-0.3, -0.25) is 19.2 Å². The van der Waals surface area contributed by atoms with Gasteiger partial charge in [0.2, 0.25) is 11.8 Å². The van der Waals surface area contributed by atoms with Gasteiger partial charge in [-0.15, -0.1) is 10.2 Å². The highest BCUT2D eigenvalue weighted by molar-refractivity contribution is 5.68. The molecule has 1 aromatic rings. The lowest BCUT2D eigenvalue weighted by atomic mass is 9.94. The second-order valence-corrected chi connectivity index (χ2v) is 6.28. The van der Waals surface area contributed by atoms with Gasteiger partial charge in [0.15, 0.2) is 24.4 Å².